The molecule has 152 valence electrons. The molecule has 1 aromatic heterocycles. The fraction of sp³-hybridized carbons (Fsp3) is 0.375. The summed E-state index contributed by atoms with van der Waals surface area (Å²) < 4.78 is 1.59. The van der Waals surface area contributed by atoms with Crippen molar-refractivity contribution in [2.45, 2.75) is 59.5 Å². The molecule has 0 spiro atoms. The van der Waals surface area contributed by atoms with Crippen molar-refractivity contribution in [1.29, 1.82) is 0 Å². The van der Waals surface area contributed by atoms with Crippen molar-refractivity contribution in [3.8, 4) is 5.69 Å². The highest BCUT2D eigenvalue weighted by atomic mass is 16.2. The summed E-state index contributed by atoms with van der Waals surface area (Å²) >= 11 is 0. The van der Waals surface area contributed by atoms with Crippen molar-refractivity contribution in [3.05, 3.63) is 70.3 Å². The third kappa shape index (κ3) is 3.95. The van der Waals surface area contributed by atoms with E-state index in [1.54, 1.807) is 22.8 Å². The Bertz CT molecular complexity index is 1060. The van der Waals surface area contributed by atoms with Gasteiger partial charge in [-0.05, 0) is 70.0 Å². The molecule has 5 heteroatoms. The first-order chi connectivity index (χ1) is 13.9. The molecule has 0 bridgehead atoms. The number of nitrogens with zero attached hydrogens (tertiary/aromatic N) is 3. The highest BCUT2D eigenvalue weighted by Gasteiger charge is 2.24. The smallest absolute Gasteiger partial charge is 0.265 e. The van der Waals surface area contributed by atoms with Gasteiger partial charge in [-0.2, -0.15) is 0 Å². The van der Waals surface area contributed by atoms with Gasteiger partial charge in [-0.15, -0.1) is 0 Å². The van der Waals surface area contributed by atoms with Gasteiger partial charge in [0.1, 0.15) is 5.82 Å². The van der Waals surface area contributed by atoms with Gasteiger partial charge in [0, 0.05) is 17.6 Å². The maximum absolute atomic E-state index is 13.1. The number of benzene rings is 2. The lowest BCUT2D eigenvalue weighted by molar-refractivity contribution is 0.0598. The number of aryl methyl sites for hydroxylation is 1. The van der Waals surface area contributed by atoms with E-state index < -0.39 is 0 Å². The van der Waals surface area contributed by atoms with Crippen LogP contribution in [0.25, 0.3) is 16.6 Å². The molecule has 1 heterocycles. The van der Waals surface area contributed by atoms with Gasteiger partial charge < -0.3 is 4.90 Å². The molecule has 0 aliphatic carbocycles. The minimum absolute atomic E-state index is 0.0287. The van der Waals surface area contributed by atoms with Crippen LogP contribution in [0, 0.1) is 6.92 Å². The van der Waals surface area contributed by atoms with Crippen LogP contribution in [0.3, 0.4) is 0 Å². The Hall–Kier alpha value is -2.95. The second-order valence-electron chi connectivity index (χ2n) is 7.59. The monoisotopic (exact) mass is 391 g/mol. The van der Waals surface area contributed by atoms with E-state index in [9.17, 15) is 9.59 Å². The average Bonchev–Trinajstić information content (AvgIpc) is 2.74. The van der Waals surface area contributed by atoms with E-state index in [1.807, 2.05) is 42.2 Å². The summed E-state index contributed by atoms with van der Waals surface area (Å²) in [5.74, 6) is 0.648. The Morgan fingerprint density at radius 1 is 1.00 bits per heavy atom. The molecule has 0 fully saturated rings. The normalized spacial score (nSPS) is 13.3. The van der Waals surface area contributed by atoms with Crippen LogP contribution in [0.1, 0.15) is 56.7 Å². The number of rotatable bonds is 6. The van der Waals surface area contributed by atoms with Gasteiger partial charge >= 0.3 is 0 Å². The van der Waals surface area contributed by atoms with Gasteiger partial charge in [-0.1, -0.05) is 26.0 Å². The van der Waals surface area contributed by atoms with Gasteiger partial charge in [-0.25, -0.2) is 4.98 Å². The van der Waals surface area contributed by atoms with Crippen LogP contribution < -0.4 is 5.56 Å². The van der Waals surface area contributed by atoms with Gasteiger partial charge in [0.25, 0.3) is 11.5 Å². The number of carbonyl (C=O) groups excluding carboxylic acids is 1. The molecule has 0 saturated carbocycles. The average molecular weight is 392 g/mol. The second kappa shape index (κ2) is 8.60. The second-order valence-corrected chi connectivity index (χ2v) is 7.59. The summed E-state index contributed by atoms with van der Waals surface area (Å²) in [4.78, 5) is 32.6. The maximum atomic E-state index is 13.1. The third-order valence-electron chi connectivity index (χ3n) is 5.68. The van der Waals surface area contributed by atoms with Gasteiger partial charge in [0.15, 0.2) is 0 Å². The summed E-state index contributed by atoms with van der Waals surface area (Å²) in [7, 11) is 0. The van der Waals surface area contributed by atoms with Crippen molar-refractivity contribution in [2.24, 2.45) is 0 Å². The summed E-state index contributed by atoms with van der Waals surface area (Å²) in [6.45, 7) is 10.2. The molecule has 2 aromatic carbocycles. The largest absolute Gasteiger partial charge is 0.333 e. The van der Waals surface area contributed by atoms with Gasteiger partial charge in [0.2, 0.25) is 0 Å². The summed E-state index contributed by atoms with van der Waals surface area (Å²) in [5, 5.41) is 0.581. The Balaban J connectivity index is 2.00. The Morgan fingerprint density at radius 2 is 1.59 bits per heavy atom. The predicted octanol–water partition coefficient (Wildman–Crippen LogP) is 4.73. The Kier molecular flexibility index (Phi) is 6.16. The SMILES string of the molecule is CCC(C)N(C(=O)c1ccc(-n2c(C)nc3ccccc3c2=O)cc1)C(C)CC. The van der Waals surface area contributed by atoms with E-state index in [2.05, 4.69) is 32.7 Å². The van der Waals surface area contributed by atoms with E-state index in [-0.39, 0.29) is 23.6 Å². The van der Waals surface area contributed by atoms with E-state index in [0.29, 0.717) is 28.0 Å². The summed E-state index contributed by atoms with van der Waals surface area (Å²) in [5.41, 5.74) is 1.93. The van der Waals surface area contributed by atoms with Crippen LogP contribution in [0.4, 0.5) is 0 Å². The number of amides is 1. The Labute approximate surface area is 172 Å². The van der Waals surface area contributed by atoms with Crippen molar-refractivity contribution in [1.82, 2.24) is 14.5 Å². The van der Waals surface area contributed by atoms with E-state index >= 15 is 0 Å². The van der Waals surface area contributed by atoms with Crippen LogP contribution in [0.15, 0.2) is 53.3 Å². The van der Waals surface area contributed by atoms with Crippen molar-refractivity contribution < 1.29 is 4.79 Å². The van der Waals surface area contributed by atoms with Crippen molar-refractivity contribution >= 4 is 16.8 Å². The minimum Gasteiger partial charge on any atom is -0.333 e. The highest BCUT2D eigenvalue weighted by Crippen LogP contribution is 2.19. The molecule has 2 atom stereocenters. The standard InChI is InChI=1S/C24H29N3O2/c1-6-16(3)26(17(4)7-2)23(28)19-12-14-20(15-13-19)27-18(5)25-22-11-9-8-10-21(22)24(27)29/h8-17H,6-7H2,1-5H3. The molecule has 3 rings (SSSR count). The Morgan fingerprint density at radius 3 is 2.17 bits per heavy atom. The molecule has 29 heavy (non-hydrogen) atoms. The zero-order chi connectivity index (χ0) is 21.1. The fourth-order valence-electron chi connectivity index (χ4n) is 3.68. The molecular weight excluding hydrogens is 362 g/mol. The molecule has 0 aliphatic rings. The first-order valence-corrected chi connectivity index (χ1v) is 10.3. The van der Waals surface area contributed by atoms with Gasteiger partial charge in [0.05, 0.1) is 16.6 Å². The molecular formula is C24H29N3O2. The van der Waals surface area contributed by atoms with Crippen molar-refractivity contribution in [3.63, 3.8) is 0 Å². The molecule has 0 aliphatic heterocycles. The fourth-order valence-corrected chi connectivity index (χ4v) is 3.68. The molecule has 0 radical (unpaired) electrons. The van der Waals surface area contributed by atoms with E-state index in [4.69, 9.17) is 0 Å². The van der Waals surface area contributed by atoms with E-state index in [0.717, 1.165) is 12.8 Å². The molecule has 0 N–H and O–H groups in total. The number of para-hydroxylation sites is 1. The maximum Gasteiger partial charge on any atom is 0.265 e. The number of aromatic nitrogens is 2. The lowest BCUT2D eigenvalue weighted by atomic mass is 10.1. The molecule has 1 amide bonds. The number of carbonyl (C=O) groups is 1. The van der Waals surface area contributed by atoms with Crippen LogP contribution in [-0.2, 0) is 0 Å². The summed E-state index contributed by atoms with van der Waals surface area (Å²) in [6, 6.07) is 14.9. The zero-order valence-corrected chi connectivity index (χ0v) is 17.8. The molecule has 3 aromatic rings. The van der Waals surface area contributed by atoms with Crippen LogP contribution in [-0.4, -0.2) is 32.4 Å². The van der Waals surface area contributed by atoms with Crippen LogP contribution >= 0.6 is 0 Å². The lowest BCUT2D eigenvalue weighted by Gasteiger charge is -2.34. The first kappa shape index (κ1) is 20.8. The van der Waals surface area contributed by atoms with Crippen LogP contribution in [0.5, 0.6) is 0 Å². The number of hydrogen-bond donors (Lipinski definition) is 0. The minimum atomic E-state index is -0.104. The highest BCUT2D eigenvalue weighted by molar-refractivity contribution is 5.94. The predicted molar refractivity (Wildman–Crippen MR) is 118 cm³/mol. The number of fused-ring (bicyclic) bond motifs is 1. The first-order valence-electron chi connectivity index (χ1n) is 10.3. The third-order valence-corrected chi connectivity index (χ3v) is 5.68. The van der Waals surface area contributed by atoms with Crippen molar-refractivity contribution in [2.75, 3.05) is 0 Å². The zero-order valence-electron chi connectivity index (χ0n) is 17.8. The quantitative estimate of drug-likeness (QED) is 0.610. The molecule has 2 unspecified atom stereocenters. The topological polar surface area (TPSA) is 55.2 Å². The number of hydrogen-bond acceptors (Lipinski definition) is 3. The van der Waals surface area contributed by atoms with Gasteiger partial charge in [-0.3, -0.25) is 14.2 Å². The van der Waals surface area contributed by atoms with E-state index in [1.165, 1.54) is 0 Å². The molecule has 0 saturated heterocycles. The molecule has 5 nitrogen and oxygen atoms in total. The van der Waals surface area contributed by atoms with Crippen LogP contribution in [0.2, 0.25) is 0 Å². The summed E-state index contributed by atoms with van der Waals surface area (Å²) in [6.07, 6.45) is 1.82. The lowest BCUT2D eigenvalue weighted by Crippen LogP contribution is -2.44.